The highest BCUT2D eigenvalue weighted by atomic mass is 79.9. The van der Waals surface area contributed by atoms with Crippen LogP contribution in [0, 0.1) is 17.8 Å². The van der Waals surface area contributed by atoms with Crippen LogP contribution in [0.2, 0.25) is 0 Å². The van der Waals surface area contributed by atoms with Gasteiger partial charge in [0.2, 0.25) is 11.8 Å². The summed E-state index contributed by atoms with van der Waals surface area (Å²) in [5.41, 5.74) is 0.771. The zero-order valence-corrected chi connectivity index (χ0v) is 14.1. The van der Waals surface area contributed by atoms with Crippen LogP contribution in [0.1, 0.15) is 32.1 Å². The van der Waals surface area contributed by atoms with Gasteiger partial charge in [-0.05, 0) is 55.4 Å². The molecule has 22 heavy (non-hydrogen) atoms. The molecule has 0 saturated heterocycles. The molecule has 118 valence electrons. The molecule has 2 bridgehead atoms. The Morgan fingerprint density at radius 3 is 2.55 bits per heavy atom. The molecule has 3 unspecified atom stereocenters. The summed E-state index contributed by atoms with van der Waals surface area (Å²) < 4.78 is 0.976. The van der Waals surface area contributed by atoms with E-state index in [2.05, 4.69) is 26.6 Å². The van der Waals surface area contributed by atoms with Crippen molar-refractivity contribution in [2.75, 3.05) is 11.9 Å². The van der Waals surface area contributed by atoms with Crippen molar-refractivity contribution in [1.82, 2.24) is 5.32 Å². The van der Waals surface area contributed by atoms with Gasteiger partial charge in [-0.3, -0.25) is 9.59 Å². The first-order chi connectivity index (χ1) is 10.6. The van der Waals surface area contributed by atoms with Gasteiger partial charge in [-0.1, -0.05) is 22.4 Å². The number of anilines is 1. The first-order valence-electron chi connectivity index (χ1n) is 7.95. The third-order valence-electron chi connectivity index (χ3n) is 4.85. The number of rotatable bonds is 5. The van der Waals surface area contributed by atoms with E-state index in [0.717, 1.165) is 22.5 Å². The summed E-state index contributed by atoms with van der Waals surface area (Å²) in [7, 11) is 0. The Balaban J connectivity index is 1.38. The van der Waals surface area contributed by atoms with E-state index in [-0.39, 0.29) is 17.7 Å². The molecule has 0 radical (unpaired) electrons. The summed E-state index contributed by atoms with van der Waals surface area (Å²) in [6, 6.07) is 7.45. The molecular weight excluding hydrogens is 344 g/mol. The average Bonchev–Trinajstić information content (AvgIpc) is 3.12. The highest BCUT2D eigenvalue weighted by Gasteiger charge is 2.42. The lowest BCUT2D eigenvalue weighted by Crippen LogP contribution is -2.35. The quantitative estimate of drug-likeness (QED) is 0.841. The fraction of sp³-hybridized carbons (Fsp3) is 0.529. The van der Waals surface area contributed by atoms with Crippen LogP contribution >= 0.6 is 15.9 Å². The molecule has 3 atom stereocenters. The van der Waals surface area contributed by atoms with Crippen LogP contribution < -0.4 is 10.6 Å². The molecule has 3 rings (SSSR count). The molecular formula is C17H21BrN2O2. The van der Waals surface area contributed by atoms with Crippen LogP contribution in [0.5, 0.6) is 0 Å². The van der Waals surface area contributed by atoms with Gasteiger partial charge in [0.15, 0.2) is 0 Å². The maximum atomic E-state index is 12.2. The highest BCUT2D eigenvalue weighted by Crippen LogP contribution is 2.48. The van der Waals surface area contributed by atoms with E-state index in [1.54, 1.807) is 0 Å². The maximum Gasteiger partial charge on any atom is 0.226 e. The van der Waals surface area contributed by atoms with E-state index in [1.807, 2.05) is 24.3 Å². The summed E-state index contributed by atoms with van der Waals surface area (Å²) in [6.45, 7) is 0.412. The van der Waals surface area contributed by atoms with Crippen LogP contribution in [-0.2, 0) is 9.59 Å². The summed E-state index contributed by atoms with van der Waals surface area (Å²) in [5.74, 6) is 1.61. The number of carbonyl (C=O) groups excluding carboxylic acids is 2. The molecule has 2 saturated carbocycles. The summed E-state index contributed by atoms with van der Waals surface area (Å²) >= 11 is 3.36. The summed E-state index contributed by atoms with van der Waals surface area (Å²) in [6.07, 6.45) is 5.07. The van der Waals surface area contributed by atoms with Crippen molar-refractivity contribution in [2.24, 2.45) is 17.8 Å². The number of hydrogen-bond donors (Lipinski definition) is 2. The average molecular weight is 365 g/mol. The number of halogens is 1. The number of hydrogen-bond acceptors (Lipinski definition) is 2. The molecule has 1 aromatic rings. The van der Waals surface area contributed by atoms with E-state index < -0.39 is 0 Å². The standard InChI is InChI=1S/C17H21BrN2O2/c18-13-3-5-14(6-4-13)20-16(21)7-8-19-17(22)15-10-11-1-2-12(15)9-11/h3-6,11-12,15H,1-2,7-10H2,(H,19,22)(H,20,21). The molecule has 2 aliphatic rings. The van der Waals surface area contributed by atoms with Crippen LogP contribution in [-0.4, -0.2) is 18.4 Å². The molecule has 5 heteroatoms. The van der Waals surface area contributed by atoms with Crippen molar-refractivity contribution in [3.63, 3.8) is 0 Å². The molecule has 2 aliphatic carbocycles. The van der Waals surface area contributed by atoms with Crippen LogP contribution in [0.4, 0.5) is 5.69 Å². The SMILES string of the molecule is O=C(CCNC(=O)C1CC2CCC1C2)Nc1ccc(Br)cc1. The number of carbonyl (C=O) groups is 2. The Labute approximate surface area is 139 Å². The van der Waals surface area contributed by atoms with Gasteiger partial charge in [0, 0.05) is 29.0 Å². The second-order valence-electron chi connectivity index (χ2n) is 6.38. The first kappa shape index (κ1) is 15.5. The topological polar surface area (TPSA) is 58.2 Å². The van der Waals surface area contributed by atoms with Gasteiger partial charge in [0.25, 0.3) is 0 Å². The van der Waals surface area contributed by atoms with E-state index in [4.69, 9.17) is 0 Å². The molecule has 2 amide bonds. The highest BCUT2D eigenvalue weighted by molar-refractivity contribution is 9.10. The van der Waals surface area contributed by atoms with Crippen LogP contribution in [0.3, 0.4) is 0 Å². The first-order valence-corrected chi connectivity index (χ1v) is 8.74. The van der Waals surface area contributed by atoms with E-state index in [1.165, 1.54) is 19.3 Å². The summed E-state index contributed by atoms with van der Waals surface area (Å²) in [4.78, 5) is 24.0. The molecule has 0 aromatic heterocycles. The van der Waals surface area contributed by atoms with E-state index >= 15 is 0 Å². The largest absolute Gasteiger partial charge is 0.355 e. The Kier molecular flexibility index (Phi) is 4.81. The van der Waals surface area contributed by atoms with Gasteiger partial charge in [-0.25, -0.2) is 0 Å². The molecule has 2 fully saturated rings. The second kappa shape index (κ2) is 6.82. The van der Waals surface area contributed by atoms with Crippen LogP contribution in [0.15, 0.2) is 28.7 Å². The Bertz CT molecular complexity index is 558. The minimum Gasteiger partial charge on any atom is -0.355 e. The second-order valence-corrected chi connectivity index (χ2v) is 7.29. The van der Waals surface area contributed by atoms with Gasteiger partial charge < -0.3 is 10.6 Å². The maximum absolute atomic E-state index is 12.2. The molecule has 1 aromatic carbocycles. The fourth-order valence-corrected chi connectivity index (χ4v) is 4.02. The lowest BCUT2D eigenvalue weighted by Gasteiger charge is -2.20. The lowest BCUT2D eigenvalue weighted by molar-refractivity contribution is -0.126. The van der Waals surface area contributed by atoms with Gasteiger partial charge in [0.1, 0.15) is 0 Å². The monoisotopic (exact) mass is 364 g/mol. The van der Waals surface area contributed by atoms with Gasteiger partial charge >= 0.3 is 0 Å². The minimum absolute atomic E-state index is 0.0736. The number of fused-ring (bicyclic) bond motifs is 2. The molecule has 2 N–H and O–H groups in total. The fourth-order valence-electron chi connectivity index (χ4n) is 3.75. The van der Waals surface area contributed by atoms with Crippen LogP contribution in [0.25, 0.3) is 0 Å². The molecule has 0 aliphatic heterocycles. The summed E-state index contributed by atoms with van der Waals surface area (Å²) in [5, 5.41) is 5.76. The Morgan fingerprint density at radius 1 is 1.14 bits per heavy atom. The van der Waals surface area contributed by atoms with Gasteiger partial charge in [0.05, 0.1) is 0 Å². The van der Waals surface area contributed by atoms with E-state index in [9.17, 15) is 9.59 Å². The van der Waals surface area contributed by atoms with Crippen molar-refractivity contribution in [1.29, 1.82) is 0 Å². The Hall–Kier alpha value is -1.36. The van der Waals surface area contributed by atoms with Crippen molar-refractivity contribution in [3.8, 4) is 0 Å². The number of amides is 2. The smallest absolute Gasteiger partial charge is 0.226 e. The minimum atomic E-state index is -0.0736. The van der Waals surface area contributed by atoms with Gasteiger partial charge in [-0.15, -0.1) is 0 Å². The van der Waals surface area contributed by atoms with Crippen molar-refractivity contribution < 1.29 is 9.59 Å². The van der Waals surface area contributed by atoms with Crippen molar-refractivity contribution >= 4 is 33.4 Å². The zero-order valence-electron chi connectivity index (χ0n) is 12.5. The third kappa shape index (κ3) is 3.69. The normalized spacial score (nSPS) is 26.0. The zero-order chi connectivity index (χ0) is 15.5. The van der Waals surface area contributed by atoms with Gasteiger partial charge in [-0.2, -0.15) is 0 Å². The predicted octanol–water partition coefficient (Wildman–Crippen LogP) is 3.33. The van der Waals surface area contributed by atoms with Crippen molar-refractivity contribution in [3.05, 3.63) is 28.7 Å². The molecule has 4 nitrogen and oxygen atoms in total. The van der Waals surface area contributed by atoms with E-state index in [0.29, 0.717) is 18.9 Å². The van der Waals surface area contributed by atoms with Crippen molar-refractivity contribution in [2.45, 2.75) is 32.1 Å². The molecule has 0 spiro atoms. The Morgan fingerprint density at radius 2 is 1.91 bits per heavy atom. The third-order valence-corrected chi connectivity index (χ3v) is 5.38. The lowest BCUT2D eigenvalue weighted by atomic mass is 9.88. The number of nitrogens with one attached hydrogen (secondary N) is 2. The number of benzene rings is 1. The predicted molar refractivity (Wildman–Crippen MR) is 89.3 cm³/mol. The molecule has 0 heterocycles.